The SMILES string of the molecule is CCn1ccc(CNCCOCCOC)c1. The van der Waals surface area contributed by atoms with Crippen molar-refractivity contribution in [3.63, 3.8) is 0 Å². The molecule has 0 radical (unpaired) electrons. The molecule has 0 bridgehead atoms. The standard InChI is InChI=1S/C12H22N2O2/c1-3-14-6-4-12(11-14)10-13-5-7-16-9-8-15-2/h4,6,11,13H,3,5,7-10H2,1-2H3. The minimum Gasteiger partial charge on any atom is -0.382 e. The van der Waals surface area contributed by atoms with Crippen LogP contribution in [0.25, 0.3) is 0 Å². The average molecular weight is 226 g/mol. The molecule has 0 amide bonds. The van der Waals surface area contributed by atoms with Crippen LogP contribution < -0.4 is 5.32 Å². The number of rotatable bonds is 9. The van der Waals surface area contributed by atoms with Gasteiger partial charge in [-0.15, -0.1) is 0 Å². The molecule has 0 saturated heterocycles. The van der Waals surface area contributed by atoms with Gasteiger partial charge >= 0.3 is 0 Å². The fraction of sp³-hybridized carbons (Fsp3) is 0.667. The van der Waals surface area contributed by atoms with Gasteiger partial charge in [-0.1, -0.05) is 0 Å². The van der Waals surface area contributed by atoms with E-state index in [9.17, 15) is 0 Å². The van der Waals surface area contributed by atoms with E-state index >= 15 is 0 Å². The lowest BCUT2D eigenvalue weighted by molar-refractivity contribution is 0.0719. The van der Waals surface area contributed by atoms with Gasteiger partial charge in [0, 0.05) is 39.1 Å². The molecule has 0 aromatic carbocycles. The van der Waals surface area contributed by atoms with Crippen molar-refractivity contribution in [3.8, 4) is 0 Å². The summed E-state index contributed by atoms with van der Waals surface area (Å²) in [5.74, 6) is 0. The maximum absolute atomic E-state index is 5.35. The Morgan fingerprint density at radius 2 is 2.19 bits per heavy atom. The van der Waals surface area contributed by atoms with E-state index in [2.05, 4.69) is 35.3 Å². The van der Waals surface area contributed by atoms with E-state index in [1.165, 1.54) is 5.56 Å². The Morgan fingerprint density at radius 3 is 2.88 bits per heavy atom. The Bertz CT molecular complexity index is 274. The van der Waals surface area contributed by atoms with Gasteiger partial charge in [-0.25, -0.2) is 0 Å². The van der Waals surface area contributed by atoms with Crippen molar-refractivity contribution >= 4 is 0 Å². The Labute approximate surface area is 97.5 Å². The van der Waals surface area contributed by atoms with Crippen molar-refractivity contribution in [2.24, 2.45) is 0 Å². The molecule has 0 atom stereocenters. The van der Waals surface area contributed by atoms with Crippen LogP contribution in [0.1, 0.15) is 12.5 Å². The summed E-state index contributed by atoms with van der Waals surface area (Å²) in [5.41, 5.74) is 1.32. The van der Waals surface area contributed by atoms with E-state index in [0.717, 1.165) is 26.2 Å². The highest BCUT2D eigenvalue weighted by Crippen LogP contribution is 2.00. The van der Waals surface area contributed by atoms with Gasteiger partial charge in [-0.05, 0) is 18.6 Å². The first-order chi connectivity index (χ1) is 7.86. The van der Waals surface area contributed by atoms with Gasteiger partial charge in [0.05, 0.1) is 19.8 Å². The number of methoxy groups -OCH3 is 1. The van der Waals surface area contributed by atoms with Crippen molar-refractivity contribution in [1.29, 1.82) is 0 Å². The summed E-state index contributed by atoms with van der Waals surface area (Å²) in [6.45, 7) is 7.02. The van der Waals surface area contributed by atoms with Crippen molar-refractivity contribution in [2.75, 3.05) is 33.5 Å². The van der Waals surface area contributed by atoms with Crippen LogP contribution in [-0.2, 0) is 22.6 Å². The lowest BCUT2D eigenvalue weighted by Gasteiger charge is -2.04. The monoisotopic (exact) mass is 226 g/mol. The van der Waals surface area contributed by atoms with Crippen LogP contribution >= 0.6 is 0 Å². The van der Waals surface area contributed by atoms with E-state index in [0.29, 0.717) is 13.2 Å². The zero-order valence-electron chi connectivity index (χ0n) is 10.2. The lowest BCUT2D eigenvalue weighted by atomic mass is 10.3. The minimum absolute atomic E-state index is 0.666. The first-order valence-corrected chi connectivity index (χ1v) is 5.79. The van der Waals surface area contributed by atoms with Crippen LogP contribution in [0.4, 0.5) is 0 Å². The number of aromatic nitrogens is 1. The molecule has 1 aromatic heterocycles. The number of aryl methyl sites for hydroxylation is 1. The molecule has 0 aliphatic heterocycles. The Morgan fingerprint density at radius 1 is 1.31 bits per heavy atom. The highest BCUT2D eigenvalue weighted by atomic mass is 16.5. The molecule has 1 heterocycles. The third kappa shape index (κ3) is 5.30. The molecule has 1 N–H and O–H groups in total. The van der Waals surface area contributed by atoms with Crippen molar-refractivity contribution in [1.82, 2.24) is 9.88 Å². The fourth-order valence-corrected chi connectivity index (χ4v) is 1.41. The third-order valence-electron chi connectivity index (χ3n) is 2.36. The summed E-state index contributed by atoms with van der Waals surface area (Å²) in [6.07, 6.45) is 4.27. The summed E-state index contributed by atoms with van der Waals surface area (Å²) in [7, 11) is 1.68. The van der Waals surface area contributed by atoms with E-state index < -0.39 is 0 Å². The van der Waals surface area contributed by atoms with Crippen LogP contribution in [0, 0.1) is 0 Å². The van der Waals surface area contributed by atoms with Crippen LogP contribution in [-0.4, -0.2) is 38.0 Å². The normalized spacial score (nSPS) is 10.9. The summed E-state index contributed by atoms with van der Waals surface area (Å²) in [6, 6.07) is 2.14. The Hall–Kier alpha value is -0.840. The minimum atomic E-state index is 0.666. The first-order valence-electron chi connectivity index (χ1n) is 5.79. The van der Waals surface area contributed by atoms with Crippen molar-refractivity contribution in [3.05, 3.63) is 24.0 Å². The van der Waals surface area contributed by atoms with Crippen LogP contribution in [0.2, 0.25) is 0 Å². The largest absolute Gasteiger partial charge is 0.382 e. The van der Waals surface area contributed by atoms with Gasteiger partial charge in [-0.2, -0.15) is 0 Å². The molecule has 0 aliphatic rings. The molecule has 16 heavy (non-hydrogen) atoms. The Kier molecular flexibility index (Phi) is 6.88. The van der Waals surface area contributed by atoms with Gasteiger partial charge in [0.2, 0.25) is 0 Å². The number of nitrogens with zero attached hydrogens (tertiary/aromatic N) is 1. The highest BCUT2D eigenvalue weighted by Gasteiger charge is 1.95. The molecule has 92 valence electrons. The maximum atomic E-state index is 5.35. The van der Waals surface area contributed by atoms with Gasteiger partial charge < -0.3 is 19.4 Å². The van der Waals surface area contributed by atoms with Gasteiger partial charge in [-0.3, -0.25) is 0 Å². The molecule has 0 fully saturated rings. The number of nitrogens with one attached hydrogen (secondary N) is 1. The Balaban J connectivity index is 1.98. The topological polar surface area (TPSA) is 35.4 Å². The fourth-order valence-electron chi connectivity index (χ4n) is 1.41. The van der Waals surface area contributed by atoms with E-state index in [-0.39, 0.29) is 0 Å². The zero-order chi connectivity index (χ0) is 11.6. The summed E-state index contributed by atoms with van der Waals surface area (Å²) in [5, 5.41) is 3.34. The van der Waals surface area contributed by atoms with Crippen molar-refractivity contribution in [2.45, 2.75) is 20.0 Å². The molecular formula is C12H22N2O2. The summed E-state index contributed by atoms with van der Waals surface area (Å²) in [4.78, 5) is 0. The number of hydrogen-bond acceptors (Lipinski definition) is 3. The second-order valence-electron chi connectivity index (χ2n) is 3.63. The second-order valence-corrected chi connectivity index (χ2v) is 3.63. The van der Waals surface area contributed by atoms with Gasteiger partial charge in [0.1, 0.15) is 0 Å². The highest BCUT2D eigenvalue weighted by molar-refractivity contribution is 5.09. The first kappa shape index (κ1) is 13.2. The van der Waals surface area contributed by atoms with E-state index in [4.69, 9.17) is 9.47 Å². The van der Waals surface area contributed by atoms with Gasteiger partial charge in [0.15, 0.2) is 0 Å². The van der Waals surface area contributed by atoms with E-state index in [1.54, 1.807) is 7.11 Å². The third-order valence-corrected chi connectivity index (χ3v) is 2.36. The molecule has 0 spiro atoms. The molecule has 4 heteroatoms. The molecule has 0 unspecified atom stereocenters. The molecular weight excluding hydrogens is 204 g/mol. The lowest BCUT2D eigenvalue weighted by Crippen LogP contribution is -2.19. The maximum Gasteiger partial charge on any atom is 0.0700 e. The quantitative estimate of drug-likeness (QED) is 0.644. The second kappa shape index (κ2) is 8.33. The smallest absolute Gasteiger partial charge is 0.0700 e. The molecule has 0 aliphatic carbocycles. The molecule has 4 nitrogen and oxygen atoms in total. The van der Waals surface area contributed by atoms with Gasteiger partial charge in [0.25, 0.3) is 0 Å². The summed E-state index contributed by atoms with van der Waals surface area (Å²) >= 11 is 0. The summed E-state index contributed by atoms with van der Waals surface area (Å²) < 4.78 is 12.4. The van der Waals surface area contributed by atoms with Crippen LogP contribution in [0.3, 0.4) is 0 Å². The average Bonchev–Trinajstić information content (AvgIpc) is 2.76. The van der Waals surface area contributed by atoms with E-state index in [1.807, 2.05) is 0 Å². The zero-order valence-corrected chi connectivity index (χ0v) is 10.2. The van der Waals surface area contributed by atoms with Crippen LogP contribution in [0.15, 0.2) is 18.5 Å². The van der Waals surface area contributed by atoms with Crippen LogP contribution in [0.5, 0.6) is 0 Å². The predicted molar refractivity (Wildman–Crippen MR) is 64.5 cm³/mol. The number of hydrogen-bond donors (Lipinski definition) is 1. The predicted octanol–water partition coefficient (Wildman–Crippen LogP) is 1.26. The molecule has 0 saturated carbocycles. The van der Waals surface area contributed by atoms with Crippen molar-refractivity contribution < 1.29 is 9.47 Å². The number of ether oxygens (including phenoxy) is 2. The molecule has 1 rings (SSSR count). The molecule has 1 aromatic rings.